The Bertz CT molecular complexity index is 278. The topological polar surface area (TPSA) is 0 Å². The Hall–Kier alpha value is 0. The van der Waals surface area contributed by atoms with Crippen molar-refractivity contribution in [3.8, 4) is 0 Å². The van der Waals surface area contributed by atoms with Crippen LogP contribution in [-0.2, 0) is 0 Å². The van der Waals surface area contributed by atoms with Crippen LogP contribution in [0.3, 0.4) is 0 Å². The molecule has 0 radical (unpaired) electrons. The summed E-state index contributed by atoms with van der Waals surface area (Å²) in [5, 5.41) is 0. The molecule has 142 valence electrons. The lowest BCUT2D eigenvalue weighted by Gasteiger charge is -2.34. The second-order valence-electron chi connectivity index (χ2n) is 9.35. The zero-order valence-corrected chi connectivity index (χ0v) is 17.0. The van der Waals surface area contributed by atoms with Gasteiger partial charge in [0.05, 0.1) is 0 Å². The first-order valence-electron chi connectivity index (χ1n) is 11.8. The predicted molar refractivity (Wildman–Crippen MR) is 108 cm³/mol. The Morgan fingerprint density at radius 2 is 0.875 bits per heavy atom. The summed E-state index contributed by atoms with van der Waals surface area (Å²) in [5.41, 5.74) is 0. The molecule has 0 atom stereocenters. The van der Waals surface area contributed by atoms with Crippen LogP contribution >= 0.6 is 0 Å². The van der Waals surface area contributed by atoms with Crippen molar-refractivity contribution in [1.82, 2.24) is 0 Å². The molecule has 0 aliphatic heterocycles. The highest BCUT2D eigenvalue weighted by atomic mass is 14.3. The second kappa shape index (κ2) is 12.4. The molecular weight excluding hydrogens is 288 g/mol. The second-order valence-corrected chi connectivity index (χ2v) is 9.35. The van der Waals surface area contributed by atoms with E-state index in [2.05, 4.69) is 13.8 Å². The van der Waals surface area contributed by atoms with E-state index in [1.807, 2.05) is 0 Å². The average Bonchev–Trinajstić information content (AvgIpc) is 2.62. The molecule has 0 saturated heterocycles. The third-order valence-electron chi connectivity index (χ3n) is 7.28. The van der Waals surface area contributed by atoms with E-state index < -0.39 is 0 Å². The number of rotatable bonds is 11. The molecule has 2 saturated carbocycles. The van der Waals surface area contributed by atoms with E-state index in [1.54, 1.807) is 64.2 Å². The van der Waals surface area contributed by atoms with Gasteiger partial charge in [-0.15, -0.1) is 0 Å². The molecule has 0 spiro atoms. The first-order chi connectivity index (χ1) is 11.8. The molecule has 2 aliphatic carbocycles. The molecule has 2 rings (SSSR count). The molecule has 0 N–H and O–H groups in total. The average molecular weight is 335 g/mol. The lowest BCUT2D eigenvalue weighted by molar-refractivity contribution is 0.183. The maximum absolute atomic E-state index is 2.34. The van der Waals surface area contributed by atoms with E-state index >= 15 is 0 Å². The van der Waals surface area contributed by atoms with Crippen LogP contribution in [0.1, 0.15) is 129 Å². The van der Waals surface area contributed by atoms with Gasteiger partial charge in [0.2, 0.25) is 0 Å². The number of hydrogen-bond donors (Lipinski definition) is 0. The molecule has 0 aromatic rings. The minimum Gasteiger partial charge on any atom is -0.0654 e. The van der Waals surface area contributed by atoms with Crippen molar-refractivity contribution in [1.29, 1.82) is 0 Å². The fourth-order valence-corrected chi connectivity index (χ4v) is 5.51. The summed E-state index contributed by atoms with van der Waals surface area (Å²) in [6, 6.07) is 0. The van der Waals surface area contributed by atoms with E-state index in [0.717, 1.165) is 23.7 Å². The molecule has 0 nitrogen and oxygen atoms in total. The summed E-state index contributed by atoms with van der Waals surface area (Å²) in [6.07, 6.45) is 27.3. The quantitative estimate of drug-likeness (QED) is 0.332. The molecule has 0 unspecified atom stereocenters. The zero-order valence-electron chi connectivity index (χ0n) is 17.0. The highest BCUT2D eigenvalue weighted by Gasteiger charge is 2.26. The van der Waals surface area contributed by atoms with E-state index in [-0.39, 0.29) is 0 Å². The summed E-state index contributed by atoms with van der Waals surface area (Å²) in [5.74, 6) is 4.37. The third-order valence-corrected chi connectivity index (χ3v) is 7.28. The maximum Gasteiger partial charge on any atom is -0.0411 e. The lowest BCUT2D eigenvalue weighted by Crippen LogP contribution is -2.21. The van der Waals surface area contributed by atoms with Gasteiger partial charge in [0.15, 0.2) is 0 Å². The summed E-state index contributed by atoms with van der Waals surface area (Å²) in [4.78, 5) is 0. The smallest absolute Gasteiger partial charge is 0.0411 e. The normalized spacial score (nSPS) is 31.2. The first kappa shape index (κ1) is 20.3. The highest BCUT2D eigenvalue weighted by molar-refractivity contribution is 4.78. The van der Waals surface area contributed by atoms with Gasteiger partial charge in [0.1, 0.15) is 0 Å². The fraction of sp³-hybridized carbons (Fsp3) is 1.00. The van der Waals surface area contributed by atoms with Crippen LogP contribution in [0.4, 0.5) is 0 Å². The summed E-state index contributed by atoms with van der Waals surface area (Å²) in [6.45, 7) is 4.66. The van der Waals surface area contributed by atoms with Crippen molar-refractivity contribution in [3.05, 3.63) is 0 Å². The minimum atomic E-state index is 1.09. The van der Waals surface area contributed by atoms with Gasteiger partial charge in [-0.3, -0.25) is 0 Å². The van der Waals surface area contributed by atoms with Gasteiger partial charge < -0.3 is 0 Å². The van der Waals surface area contributed by atoms with Crippen molar-refractivity contribution in [2.45, 2.75) is 129 Å². The third kappa shape index (κ3) is 7.92. The van der Waals surface area contributed by atoms with Crippen LogP contribution in [-0.4, -0.2) is 0 Å². The zero-order chi connectivity index (χ0) is 17.0. The minimum absolute atomic E-state index is 1.09. The number of hydrogen-bond acceptors (Lipinski definition) is 0. The van der Waals surface area contributed by atoms with E-state index in [4.69, 9.17) is 0 Å². The molecule has 24 heavy (non-hydrogen) atoms. The van der Waals surface area contributed by atoms with E-state index in [0.29, 0.717) is 0 Å². The van der Waals surface area contributed by atoms with E-state index in [9.17, 15) is 0 Å². The van der Waals surface area contributed by atoms with Gasteiger partial charge in [0.25, 0.3) is 0 Å². The Labute approximate surface area is 153 Å². The summed E-state index contributed by atoms with van der Waals surface area (Å²) >= 11 is 0. The van der Waals surface area contributed by atoms with Gasteiger partial charge in [-0.25, -0.2) is 0 Å². The summed E-state index contributed by atoms with van der Waals surface area (Å²) in [7, 11) is 0. The molecule has 0 aromatic carbocycles. The summed E-state index contributed by atoms with van der Waals surface area (Å²) < 4.78 is 0. The monoisotopic (exact) mass is 334 g/mol. The van der Waals surface area contributed by atoms with Crippen LogP contribution in [0.25, 0.3) is 0 Å². The van der Waals surface area contributed by atoms with Crippen molar-refractivity contribution in [2.24, 2.45) is 23.7 Å². The van der Waals surface area contributed by atoms with Crippen molar-refractivity contribution in [3.63, 3.8) is 0 Å². The first-order valence-corrected chi connectivity index (χ1v) is 11.8. The largest absolute Gasteiger partial charge is 0.0654 e. The predicted octanol–water partition coefficient (Wildman–Crippen LogP) is 8.54. The van der Waals surface area contributed by atoms with Crippen molar-refractivity contribution >= 4 is 0 Å². The molecule has 0 bridgehead atoms. The molecule has 2 aliphatic rings. The van der Waals surface area contributed by atoms with E-state index in [1.165, 1.54) is 51.4 Å². The van der Waals surface area contributed by atoms with Crippen molar-refractivity contribution < 1.29 is 0 Å². The van der Waals surface area contributed by atoms with Gasteiger partial charge in [-0.05, 0) is 30.1 Å². The van der Waals surface area contributed by atoms with Crippen molar-refractivity contribution in [2.75, 3.05) is 0 Å². The Kier molecular flexibility index (Phi) is 10.5. The van der Waals surface area contributed by atoms with Gasteiger partial charge >= 0.3 is 0 Å². The van der Waals surface area contributed by atoms with Gasteiger partial charge in [-0.2, -0.15) is 0 Å². The maximum atomic E-state index is 2.34. The van der Waals surface area contributed by atoms with Crippen LogP contribution in [0.5, 0.6) is 0 Å². The Morgan fingerprint density at radius 3 is 1.38 bits per heavy atom. The fourth-order valence-electron chi connectivity index (χ4n) is 5.51. The molecule has 0 aromatic heterocycles. The SMILES string of the molecule is CCCCCCC[C@H]1CC[C@H](C[C@H]2CC[C@H](CCCC)CC2)CC1. The Morgan fingerprint density at radius 1 is 0.458 bits per heavy atom. The standard InChI is InChI=1S/C24H46/c1-3-5-7-8-9-11-22-14-18-24(19-15-22)20-23-16-12-21(13-17-23)10-6-4-2/h21-24H,3-20H2,1-2H3/t21-,22-,23-,24-. The number of unbranched alkanes of at least 4 members (excludes halogenated alkanes) is 5. The van der Waals surface area contributed by atoms with Crippen LogP contribution < -0.4 is 0 Å². The van der Waals surface area contributed by atoms with Crippen LogP contribution in [0, 0.1) is 23.7 Å². The molecule has 0 heterocycles. The molecule has 0 heteroatoms. The van der Waals surface area contributed by atoms with Crippen LogP contribution in [0.15, 0.2) is 0 Å². The lowest BCUT2D eigenvalue weighted by atomic mass is 9.72. The highest BCUT2D eigenvalue weighted by Crippen LogP contribution is 2.40. The van der Waals surface area contributed by atoms with Gasteiger partial charge in [0, 0.05) is 0 Å². The van der Waals surface area contributed by atoms with Gasteiger partial charge in [-0.1, -0.05) is 123 Å². The molecule has 0 amide bonds. The Balaban J connectivity index is 1.51. The molecule has 2 fully saturated rings. The van der Waals surface area contributed by atoms with Crippen LogP contribution in [0.2, 0.25) is 0 Å². The molecular formula is C24H46.